The summed E-state index contributed by atoms with van der Waals surface area (Å²) >= 11 is 6.04. The van der Waals surface area contributed by atoms with Crippen molar-refractivity contribution in [3.63, 3.8) is 0 Å². The average Bonchev–Trinajstić information content (AvgIpc) is 2.46. The summed E-state index contributed by atoms with van der Waals surface area (Å²) in [4.78, 5) is 4.19. The molecule has 0 radical (unpaired) electrons. The van der Waals surface area contributed by atoms with Crippen molar-refractivity contribution in [2.45, 2.75) is 26.4 Å². The smallest absolute Gasteiger partial charge is 0.257 e. The van der Waals surface area contributed by atoms with Crippen LogP contribution in [-0.4, -0.2) is 11.6 Å². The van der Waals surface area contributed by atoms with Gasteiger partial charge in [-0.3, -0.25) is 0 Å². The summed E-state index contributed by atoms with van der Waals surface area (Å²) < 4.78 is 11.5. The number of rotatable bonds is 6. The summed E-state index contributed by atoms with van der Waals surface area (Å²) in [5.41, 5.74) is 1.05. The number of benzene rings is 1. The summed E-state index contributed by atoms with van der Waals surface area (Å²) in [5, 5.41) is 0.709. The highest BCUT2D eigenvalue weighted by molar-refractivity contribution is 6.30. The van der Waals surface area contributed by atoms with Crippen LogP contribution in [0.25, 0.3) is 0 Å². The van der Waals surface area contributed by atoms with Gasteiger partial charge in [0, 0.05) is 11.2 Å². The van der Waals surface area contributed by atoms with E-state index in [0.29, 0.717) is 23.3 Å². The molecule has 4 heteroatoms. The van der Waals surface area contributed by atoms with Crippen molar-refractivity contribution >= 4 is 11.6 Å². The third kappa shape index (κ3) is 3.64. The summed E-state index contributed by atoms with van der Waals surface area (Å²) in [5.74, 6) is 1.18. The quantitative estimate of drug-likeness (QED) is 0.775. The Balaban J connectivity index is 2.22. The van der Waals surface area contributed by atoms with Gasteiger partial charge in [0.15, 0.2) is 5.75 Å². The van der Waals surface area contributed by atoms with Crippen LogP contribution in [0.4, 0.5) is 0 Å². The van der Waals surface area contributed by atoms with E-state index in [0.717, 1.165) is 12.0 Å². The monoisotopic (exact) mass is 291 g/mol. The molecular weight excluding hydrogens is 274 g/mol. The molecule has 0 aliphatic carbocycles. The van der Waals surface area contributed by atoms with E-state index >= 15 is 0 Å². The van der Waals surface area contributed by atoms with E-state index < -0.39 is 0 Å². The van der Waals surface area contributed by atoms with Crippen LogP contribution in [0.15, 0.2) is 42.6 Å². The Morgan fingerprint density at radius 2 is 2.05 bits per heavy atom. The van der Waals surface area contributed by atoms with Crippen LogP contribution < -0.4 is 9.47 Å². The van der Waals surface area contributed by atoms with Crippen LogP contribution in [0.5, 0.6) is 11.6 Å². The lowest BCUT2D eigenvalue weighted by Crippen LogP contribution is -2.08. The highest BCUT2D eigenvalue weighted by atomic mass is 35.5. The predicted molar refractivity (Wildman–Crippen MR) is 80.5 cm³/mol. The van der Waals surface area contributed by atoms with E-state index in [1.807, 2.05) is 43.3 Å². The second-order valence-corrected chi connectivity index (χ2v) is 4.75. The first-order valence-corrected chi connectivity index (χ1v) is 7.12. The summed E-state index contributed by atoms with van der Waals surface area (Å²) in [6.45, 7) is 4.55. The molecule has 1 aromatic carbocycles. The normalized spacial score (nSPS) is 11.9. The summed E-state index contributed by atoms with van der Waals surface area (Å²) in [7, 11) is 0. The molecule has 1 heterocycles. The van der Waals surface area contributed by atoms with E-state index in [1.54, 1.807) is 6.20 Å². The van der Waals surface area contributed by atoms with E-state index in [-0.39, 0.29) is 6.10 Å². The zero-order valence-electron chi connectivity index (χ0n) is 11.7. The minimum absolute atomic E-state index is 0.0721. The molecule has 2 rings (SSSR count). The van der Waals surface area contributed by atoms with Crippen LogP contribution >= 0.6 is 11.6 Å². The number of hydrogen-bond donors (Lipinski definition) is 0. The molecule has 0 N–H and O–H groups in total. The number of nitrogens with zero attached hydrogens (tertiary/aromatic N) is 1. The largest absolute Gasteiger partial charge is 0.480 e. The first-order chi connectivity index (χ1) is 9.74. The van der Waals surface area contributed by atoms with Gasteiger partial charge in [0.2, 0.25) is 0 Å². The van der Waals surface area contributed by atoms with Crippen molar-refractivity contribution in [2.24, 2.45) is 0 Å². The molecule has 1 aromatic heterocycles. The van der Waals surface area contributed by atoms with Crippen molar-refractivity contribution in [1.82, 2.24) is 4.98 Å². The van der Waals surface area contributed by atoms with Gasteiger partial charge in [0.1, 0.15) is 6.10 Å². The van der Waals surface area contributed by atoms with Crippen molar-refractivity contribution in [3.05, 3.63) is 53.2 Å². The lowest BCUT2D eigenvalue weighted by molar-refractivity contribution is 0.186. The molecule has 2 aromatic rings. The third-order valence-electron chi connectivity index (χ3n) is 2.88. The molecule has 0 fully saturated rings. The van der Waals surface area contributed by atoms with E-state index in [9.17, 15) is 0 Å². The van der Waals surface area contributed by atoms with Gasteiger partial charge in [-0.25, -0.2) is 4.98 Å². The molecule has 0 bridgehead atoms. The zero-order valence-corrected chi connectivity index (χ0v) is 12.4. The maximum atomic E-state index is 6.04. The number of aromatic nitrogens is 1. The second kappa shape index (κ2) is 7.15. The van der Waals surface area contributed by atoms with Crippen molar-refractivity contribution < 1.29 is 9.47 Å². The van der Waals surface area contributed by atoms with Gasteiger partial charge < -0.3 is 9.47 Å². The minimum Gasteiger partial charge on any atom is -0.480 e. The maximum Gasteiger partial charge on any atom is 0.257 e. The minimum atomic E-state index is -0.0721. The average molecular weight is 292 g/mol. The number of halogens is 1. The Morgan fingerprint density at radius 3 is 2.75 bits per heavy atom. The van der Waals surface area contributed by atoms with E-state index in [2.05, 4.69) is 11.9 Å². The van der Waals surface area contributed by atoms with Gasteiger partial charge in [-0.15, -0.1) is 0 Å². The Bertz CT molecular complexity index is 560. The molecule has 3 nitrogen and oxygen atoms in total. The molecule has 106 valence electrons. The fraction of sp³-hybridized carbons (Fsp3) is 0.312. The molecule has 0 saturated heterocycles. The molecule has 1 atom stereocenters. The van der Waals surface area contributed by atoms with Crippen LogP contribution in [0.2, 0.25) is 5.02 Å². The van der Waals surface area contributed by atoms with E-state index in [4.69, 9.17) is 21.1 Å². The molecule has 20 heavy (non-hydrogen) atoms. The molecule has 0 spiro atoms. The summed E-state index contributed by atoms with van der Waals surface area (Å²) in [6, 6.07) is 11.4. The first kappa shape index (κ1) is 14.7. The summed E-state index contributed by atoms with van der Waals surface area (Å²) in [6.07, 6.45) is 2.45. The molecule has 0 amide bonds. The van der Waals surface area contributed by atoms with Crippen molar-refractivity contribution in [3.8, 4) is 11.6 Å². The van der Waals surface area contributed by atoms with Crippen LogP contribution in [-0.2, 0) is 0 Å². The van der Waals surface area contributed by atoms with E-state index in [1.165, 1.54) is 0 Å². The Kier molecular flexibility index (Phi) is 5.24. The van der Waals surface area contributed by atoms with Crippen LogP contribution in [0.3, 0.4) is 0 Å². The fourth-order valence-electron chi connectivity index (χ4n) is 1.96. The number of hydrogen-bond acceptors (Lipinski definition) is 3. The van der Waals surface area contributed by atoms with Gasteiger partial charge in [0.25, 0.3) is 5.88 Å². The standard InChI is InChI=1S/C16H18ClNO2/c1-3-14(12-7-5-8-13(17)11-12)20-15-9-6-10-18-16(15)19-4-2/h5-11,14H,3-4H2,1-2H3/t14-/m1/s1. The zero-order chi connectivity index (χ0) is 14.4. The molecule has 0 aliphatic heterocycles. The number of ether oxygens (including phenoxy) is 2. The predicted octanol–water partition coefficient (Wildman–Crippen LogP) is 4.66. The fourth-order valence-corrected chi connectivity index (χ4v) is 2.16. The van der Waals surface area contributed by atoms with Crippen LogP contribution in [0, 0.1) is 0 Å². The highest BCUT2D eigenvalue weighted by Crippen LogP contribution is 2.31. The van der Waals surface area contributed by atoms with Gasteiger partial charge >= 0.3 is 0 Å². The Labute approximate surface area is 124 Å². The first-order valence-electron chi connectivity index (χ1n) is 6.74. The second-order valence-electron chi connectivity index (χ2n) is 4.31. The number of pyridine rings is 1. The highest BCUT2D eigenvalue weighted by Gasteiger charge is 2.15. The maximum absolute atomic E-state index is 6.04. The third-order valence-corrected chi connectivity index (χ3v) is 3.11. The lowest BCUT2D eigenvalue weighted by atomic mass is 10.1. The van der Waals surface area contributed by atoms with Gasteiger partial charge in [-0.05, 0) is 43.2 Å². The van der Waals surface area contributed by atoms with Crippen molar-refractivity contribution in [2.75, 3.05) is 6.61 Å². The van der Waals surface area contributed by atoms with Gasteiger partial charge in [-0.1, -0.05) is 30.7 Å². The Hall–Kier alpha value is -1.74. The van der Waals surface area contributed by atoms with Gasteiger partial charge in [-0.2, -0.15) is 0 Å². The molecule has 0 saturated carbocycles. The SMILES string of the molecule is CCOc1ncccc1O[C@H](CC)c1cccc(Cl)c1. The Morgan fingerprint density at radius 1 is 1.20 bits per heavy atom. The topological polar surface area (TPSA) is 31.4 Å². The molecule has 0 aliphatic rings. The lowest BCUT2D eigenvalue weighted by Gasteiger charge is -2.19. The molecular formula is C16H18ClNO2. The van der Waals surface area contributed by atoms with Gasteiger partial charge in [0.05, 0.1) is 6.61 Å². The van der Waals surface area contributed by atoms with Crippen LogP contribution in [0.1, 0.15) is 31.9 Å². The van der Waals surface area contributed by atoms with Crippen molar-refractivity contribution in [1.29, 1.82) is 0 Å². The molecule has 0 unspecified atom stereocenters.